The second kappa shape index (κ2) is 7.61. The maximum Gasteiger partial charge on any atom is 0.442 e. The number of benzene rings is 2. The highest BCUT2D eigenvalue weighted by molar-refractivity contribution is 8.00. The van der Waals surface area contributed by atoms with Gasteiger partial charge in [0.15, 0.2) is 0 Å². The van der Waals surface area contributed by atoms with E-state index in [1.807, 2.05) is 62.4 Å². The first-order valence-electron chi connectivity index (χ1n) is 8.20. The number of aromatic amines is 1. The van der Waals surface area contributed by atoms with Crippen LogP contribution >= 0.6 is 11.8 Å². The topological polar surface area (TPSA) is 79.0 Å². The number of hydrogen-bond acceptors (Lipinski definition) is 4. The summed E-state index contributed by atoms with van der Waals surface area (Å²) in [6.07, 6.45) is 0. The van der Waals surface area contributed by atoms with Gasteiger partial charge in [-0.25, -0.2) is 4.79 Å². The summed E-state index contributed by atoms with van der Waals surface area (Å²) in [5.74, 6) is -0.177. The summed E-state index contributed by atoms with van der Waals surface area (Å²) in [6, 6.07) is 15.1. The molecule has 3 aromatic rings. The molecule has 0 aliphatic heterocycles. The van der Waals surface area contributed by atoms with E-state index in [0.29, 0.717) is 5.03 Å². The molecule has 2 aromatic carbocycles. The zero-order valence-corrected chi connectivity index (χ0v) is 15.6. The second-order valence-electron chi connectivity index (χ2n) is 5.95. The number of hydrogen-bond donors (Lipinski definition) is 2. The first kappa shape index (κ1) is 18.0. The predicted octanol–water partition coefficient (Wildman–Crippen LogP) is 2.98. The van der Waals surface area contributed by atoms with Crippen molar-refractivity contribution >= 4 is 23.4 Å². The van der Waals surface area contributed by atoms with Gasteiger partial charge >= 0.3 is 10.7 Å². The summed E-state index contributed by atoms with van der Waals surface area (Å²) < 4.78 is 6.45. The summed E-state index contributed by atoms with van der Waals surface area (Å²) >= 11 is 1.15. The number of carbonyl (C=O) groups excluding carboxylic acids is 1. The Labute approximate surface area is 155 Å². The lowest BCUT2D eigenvalue weighted by molar-refractivity contribution is -0.704. The van der Waals surface area contributed by atoms with Crippen molar-refractivity contribution in [3.05, 3.63) is 70.1 Å². The Hall–Kier alpha value is -2.80. The molecular formula is C19H20N3O3S+. The maximum atomic E-state index is 12.6. The Morgan fingerprint density at radius 3 is 2.62 bits per heavy atom. The molecule has 0 spiro atoms. The molecule has 0 fully saturated rings. The smallest absolute Gasteiger partial charge is 0.325 e. The molecule has 1 aromatic heterocycles. The lowest BCUT2D eigenvalue weighted by Crippen LogP contribution is -2.37. The summed E-state index contributed by atoms with van der Waals surface area (Å²) in [4.78, 5) is 24.6. The molecule has 3 rings (SSSR count). The third-order valence-electron chi connectivity index (χ3n) is 4.14. The number of rotatable bonds is 5. The van der Waals surface area contributed by atoms with Gasteiger partial charge in [-0.1, -0.05) is 30.3 Å². The molecule has 26 heavy (non-hydrogen) atoms. The van der Waals surface area contributed by atoms with Crippen molar-refractivity contribution in [3.63, 3.8) is 0 Å². The van der Waals surface area contributed by atoms with E-state index in [4.69, 9.17) is 4.52 Å². The molecule has 134 valence electrons. The van der Waals surface area contributed by atoms with Crippen LogP contribution in [0.1, 0.15) is 18.1 Å². The first-order valence-corrected chi connectivity index (χ1v) is 9.08. The third-order valence-corrected chi connectivity index (χ3v) is 5.28. The summed E-state index contributed by atoms with van der Waals surface area (Å²) in [6.45, 7) is 5.72. The SMILES string of the molecule is Cc1cccc(NC(=O)C(C)Sc2c(=O)o[nH][n+]2-c2ccccc2)c1C. The number of aryl methyl sites for hydroxylation is 1. The van der Waals surface area contributed by atoms with Crippen molar-refractivity contribution in [2.24, 2.45) is 0 Å². The lowest BCUT2D eigenvalue weighted by atomic mass is 10.1. The van der Waals surface area contributed by atoms with Crippen LogP contribution < -0.4 is 15.6 Å². The molecule has 6 nitrogen and oxygen atoms in total. The van der Waals surface area contributed by atoms with Crippen LogP contribution in [0, 0.1) is 13.8 Å². The second-order valence-corrected chi connectivity index (χ2v) is 7.28. The average molecular weight is 370 g/mol. The normalized spacial score (nSPS) is 12.0. The number of para-hydroxylation sites is 1. The fourth-order valence-corrected chi connectivity index (χ4v) is 3.34. The molecule has 0 bridgehead atoms. The van der Waals surface area contributed by atoms with Gasteiger partial charge in [-0.15, -0.1) is 0 Å². The van der Waals surface area contributed by atoms with Crippen molar-refractivity contribution in [2.75, 3.05) is 5.32 Å². The molecule has 7 heteroatoms. The van der Waals surface area contributed by atoms with Crippen LogP contribution in [0.3, 0.4) is 0 Å². The van der Waals surface area contributed by atoms with E-state index in [0.717, 1.165) is 34.3 Å². The molecule has 1 atom stereocenters. The van der Waals surface area contributed by atoms with Crippen LogP contribution in [0.25, 0.3) is 5.69 Å². The predicted molar refractivity (Wildman–Crippen MR) is 101 cm³/mol. The van der Waals surface area contributed by atoms with Gasteiger partial charge in [0.1, 0.15) is 0 Å². The van der Waals surface area contributed by atoms with E-state index in [9.17, 15) is 9.59 Å². The van der Waals surface area contributed by atoms with E-state index in [1.54, 1.807) is 6.92 Å². The number of nitrogens with one attached hydrogen (secondary N) is 2. The van der Waals surface area contributed by atoms with Gasteiger partial charge in [-0.05, 0) is 59.7 Å². The van der Waals surface area contributed by atoms with Crippen molar-refractivity contribution in [1.29, 1.82) is 0 Å². The highest BCUT2D eigenvalue weighted by Gasteiger charge is 2.29. The standard InChI is InChI=1S/C19H19N3O3S/c1-12-8-7-11-16(13(12)2)20-17(23)14(3)26-18-19(24)25-21-22(18)15-9-5-4-6-10-15/h4-11,14H,1-3H3,(H-,20,21,23,24)/p+1. The van der Waals surface area contributed by atoms with Crippen LogP contribution in [0.4, 0.5) is 5.69 Å². The molecule has 0 saturated carbocycles. The molecule has 0 aliphatic carbocycles. The fourth-order valence-electron chi connectivity index (χ4n) is 2.45. The molecule has 0 saturated heterocycles. The van der Waals surface area contributed by atoms with Crippen LogP contribution in [-0.2, 0) is 4.79 Å². The van der Waals surface area contributed by atoms with Crippen LogP contribution in [-0.4, -0.2) is 16.4 Å². The number of anilines is 1. The van der Waals surface area contributed by atoms with Crippen molar-refractivity contribution < 1.29 is 14.0 Å². The molecule has 1 amide bonds. The molecule has 0 radical (unpaired) electrons. The Bertz CT molecular complexity index is 979. The van der Waals surface area contributed by atoms with E-state index in [1.165, 1.54) is 4.68 Å². The molecule has 1 unspecified atom stereocenters. The monoisotopic (exact) mass is 370 g/mol. The minimum absolute atomic E-state index is 0.177. The molecular weight excluding hydrogens is 350 g/mol. The quantitative estimate of drug-likeness (QED) is 0.535. The average Bonchev–Trinajstić information content (AvgIpc) is 3.00. The van der Waals surface area contributed by atoms with Crippen LogP contribution in [0.15, 0.2) is 62.9 Å². The molecule has 1 heterocycles. The van der Waals surface area contributed by atoms with Crippen molar-refractivity contribution in [3.8, 4) is 5.69 Å². The summed E-state index contributed by atoms with van der Waals surface area (Å²) in [5, 5.41) is 5.34. The number of carbonyl (C=O) groups is 1. The Balaban J connectivity index is 1.79. The highest BCUT2D eigenvalue weighted by atomic mass is 32.2. The van der Waals surface area contributed by atoms with Gasteiger partial charge < -0.3 is 5.32 Å². The van der Waals surface area contributed by atoms with Gasteiger partial charge in [-0.2, -0.15) is 0 Å². The highest BCUT2D eigenvalue weighted by Crippen LogP contribution is 2.22. The number of nitrogens with zero attached hydrogens (tertiary/aromatic N) is 1. The van der Waals surface area contributed by atoms with Gasteiger partial charge in [0.05, 0.1) is 5.25 Å². The van der Waals surface area contributed by atoms with E-state index in [-0.39, 0.29) is 5.91 Å². The largest absolute Gasteiger partial charge is 0.442 e. The Morgan fingerprint density at radius 2 is 1.88 bits per heavy atom. The zero-order chi connectivity index (χ0) is 18.7. The van der Waals surface area contributed by atoms with Crippen molar-refractivity contribution in [1.82, 2.24) is 5.27 Å². The van der Waals surface area contributed by atoms with E-state index in [2.05, 4.69) is 10.6 Å². The van der Waals surface area contributed by atoms with Crippen LogP contribution in [0.5, 0.6) is 0 Å². The summed E-state index contributed by atoms with van der Waals surface area (Å²) in [7, 11) is 0. The van der Waals surface area contributed by atoms with Gasteiger partial charge in [0, 0.05) is 17.8 Å². The number of thioether (sulfide) groups is 1. The number of amides is 1. The van der Waals surface area contributed by atoms with Gasteiger partial charge in [0.25, 0.3) is 0 Å². The van der Waals surface area contributed by atoms with Gasteiger partial charge in [0.2, 0.25) is 11.6 Å². The van der Waals surface area contributed by atoms with Crippen LogP contribution in [0.2, 0.25) is 0 Å². The fraction of sp³-hybridized carbons (Fsp3) is 0.211. The first-order chi connectivity index (χ1) is 12.5. The summed E-state index contributed by atoms with van der Waals surface area (Å²) in [5.41, 5.74) is 3.16. The third kappa shape index (κ3) is 3.72. The minimum Gasteiger partial charge on any atom is -0.325 e. The van der Waals surface area contributed by atoms with E-state index < -0.39 is 10.9 Å². The maximum absolute atomic E-state index is 12.6. The molecule has 2 N–H and O–H groups in total. The Kier molecular flexibility index (Phi) is 5.27. The minimum atomic E-state index is -0.509. The van der Waals surface area contributed by atoms with Gasteiger partial charge in [-0.3, -0.25) is 9.32 Å². The lowest BCUT2D eigenvalue weighted by Gasteiger charge is -2.12. The number of aromatic nitrogens is 2. The van der Waals surface area contributed by atoms with Crippen molar-refractivity contribution in [2.45, 2.75) is 31.0 Å². The zero-order valence-electron chi connectivity index (χ0n) is 14.8. The molecule has 0 aliphatic rings. The van der Waals surface area contributed by atoms with E-state index >= 15 is 0 Å². The Morgan fingerprint density at radius 1 is 1.15 bits per heavy atom. The number of H-pyrrole nitrogens is 1.